The van der Waals surface area contributed by atoms with Gasteiger partial charge in [0.05, 0.1) is 11.6 Å². The summed E-state index contributed by atoms with van der Waals surface area (Å²) in [7, 11) is 0. The van der Waals surface area contributed by atoms with E-state index in [1.807, 2.05) is 24.3 Å². The largest absolute Gasteiger partial charge is 0.487 e. The number of rotatable bonds is 3. The predicted molar refractivity (Wildman–Crippen MR) is 78.5 cm³/mol. The summed E-state index contributed by atoms with van der Waals surface area (Å²) in [6.45, 7) is 2.24. The first-order chi connectivity index (χ1) is 10.1. The molecule has 1 aromatic heterocycles. The summed E-state index contributed by atoms with van der Waals surface area (Å²) >= 11 is 0. The SMILES string of the molecule is CC1CCC(Oc2c(C(=O)O)nnc3ccccc23)CC1. The van der Waals surface area contributed by atoms with E-state index in [9.17, 15) is 9.90 Å². The van der Waals surface area contributed by atoms with E-state index in [0.29, 0.717) is 16.7 Å². The van der Waals surface area contributed by atoms with Crippen LogP contribution in [-0.2, 0) is 0 Å². The second-order valence-electron chi connectivity index (χ2n) is 5.70. The molecule has 5 heteroatoms. The van der Waals surface area contributed by atoms with Crippen molar-refractivity contribution >= 4 is 16.9 Å². The molecule has 0 atom stereocenters. The fourth-order valence-corrected chi connectivity index (χ4v) is 2.80. The topological polar surface area (TPSA) is 72.3 Å². The summed E-state index contributed by atoms with van der Waals surface area (Å²) in [5, 5.41) is 17.8. The van der Waals surface area contributed by atoms with Gasteiger partial charge in [-0.2, -0.15) is 0 Å². The van der Waals surface area contributed by atoms with Crippen molar-refractivity contribution in [2.24, 2.45) is 5.92 Å². The van der Waals surface area contributed by atoms with Crippen LogP contribution in [0.5, 0.6) is 5.75 Å². The maximum absolute atomic E-state index is 11.4. The number of ether oxygens (including phenoxy) is 1. The first-order valence-electron chi connectivity index (χ1n) is 7.30. The molecular formula is C16H18N2O3. The zero-order valence-corrected chi connectivity index (χ0v) is 12.0. The number of carboxylic acid groups (broad SMARTS) is 1. The van der Waals surface area contributed by atoms with Gasteiger partial charge in [0, 0.05) is 5.39 Å². The van der Waals surface area contributed by atoms with Gasteiger partial charge in [0.15, 0.2) is 5.75 Å². The minimum absolute atomic E-state index is 0.0620. The van der Waals surface area contributed by atoms with Crippen molar-refractivity contribution in [3.8, 4) is 5.75 Å². The molecule has 1 fully saturated rings. The molecule has 0 unspecified atom stereocenters. The lowest BCUT2D eigenvalue weighted by Crippen LogP contribution is -2.24. The number of aromatic carboxylic acids is 1. The Labute approximate surface area is 123 Å². The van der Waals surface area contributed by atoms with Crippen molar-refractivity contribution in [3.05, 3.63) is 30.0 Å². The van der Waals surface area contributed by atoms with E-state index in [0.717, 1.165) is 31.6 Å². The van der Waals surface area contributed by atoms with Crippen LogP contribution in [0.4, 0.5) is 0 Å². The first-order valence-corrected chi connectivity index (χ1v) is 7.30. The maximum atomic E-state index is 11.4. The Morgan fingerprint density at radius 3 is 2.62 bits per heavy atom. The van der Waals surface area contributed by atoms with Crippen LogP contribution in [0, 0.1) is 5.92 Å². The highest BCUT2D eigenvalue weighted by Gasteiger charge is 2.24. The summed E-state index contributed by atoms with van der Waals surface area (Å²) in [5.41, 5.74) is 0.550. The van der Waals surface area contributed by atoms with E-state index >= 15 is 0 Å². The van der Waals surface area contributed by atoms with E-state index in [-0.39, 0.29) is 11.8 Å². The van der Waals surface area contributed by atoms with E-state index in [2.05, 4.69) is 17.1 Å². The predicted octanol–water partition coefficient (Wildman–Crippen LogP) is 3.29. The van der Waals surface area contributed by atoms with Crippen LogP contribution in [0.25, 0.3) is 10.9 Å². The van der Waals surface area contributed by atoms with Gasteiger partial charge in [0.1, 0.15) is 0 Å². The molecule has 0 bridgehead atoms. The standard InChI is InChI=1S/C16H18N2O3/c1-10-6-8-11(9-7-10)21-15-12-4-2-3-5-13(12)17-18-14(15)16(19)20/h2-5,10-11H,6-9H2,1H3,(H,19,20). The normalized spacial score (nSPS) is 22.1. The molecule has 1 heterocycles. The van der Waals surface area contributed by atoms with E-state index in [1.165, 1.54) is 0 Å². The Morgan fingerprint density at radius 1 is 1.19 bits per heavy atom. The van der Waals surface area contributed by atoms with Gasteiger partial charge >= 0.3 is 5.97 Å². The summed E-state index contributed by atoms with van der Waals surface area (Å²) in [6.07, 6.45) is 4.20. The van der Waals surface area contributed by atoms with Gasteiger partial charge in [-0.25, -0.2) is 4.79 Å². The fraction of sp³-hybridized carbons (Fsp3) is 0.438. The number of carboxylic acids is 1. The van der Waals surface area contributed by atoms with Crippen LogP contribution in [0.15, 0.2) is 24.3 Å². The van der Waals surface area contributed by atoms with Gasteiger partial charge in [0.25, 0.3) is 0 Å². The Bertz CT molecular complexity index is 664. The van der Waals surface area contributed by atoms with Gasteiger partial charge in [-0.1, -0.05) is 19.1 Å². The molecule has 0 amide bonds. The Morgan fingerprint density at radius 2 is 1.90 bits per heavy atom. The highest BCUT2D eigenvalue weighted by atomic mass is 16.5. The highest BCUT2D eigenvalue weighted by Crippen LogP contribution is 2.32. The Hall–Kier alpha value is -2.17. The van der Waals surface area contributed by atoms with Crippen LogP contribution in [0.3, 0.4) is 0 Å². The maximum Gasteiger partial charge on any atom is 0.360 e. The molecule has 1 aliphatic rings. The van der Waals surface area contributed by atoms with Crippen LogP contribution in [-0.4, -0.2) is 27.4 Å². The number of nitrogens with zero attached hydrogens (tertiary/aromatic N) is 2. The van der Waals surface area contributed by atoms with Gasteiger partial charge < -0.3 is 9.84 Å². The molecule has 1 aromatic carbocycles. The summed E-state index contributed by atoms with van der Waals surface area (Å²) < 4.78 is 6.03. The van der Waals surface area contributed by atoms with Crippen LogP contribution < -0.4 is 4.74 Å². The number of carbonyl (C=O) groups is 1. The quantitative estimate of drug-likeness (QED) is 0.937. The summed E-state index contributed by atoms with van der Waals surface area (Å²) in [5.74, 6) is -0.0313. The van der Waals surface area contributed by atoms with Crippen molar-refractivity contribution in [2.45, 2.75) is 38.7 Å². The minimum Gasteiger partial charge on any atom is -0.487 e. The minimum atomic E-state index is -1.10. The molecule has 0 radical (unpaired) electrons. The molecular weight excluding hydrogens is 268 g/mol. The molecule has 5 nitrogen and oxygen atoms in total. The van der Waals surface area contributed by atoms with Crippen LogP contribution in [0.2, 0.25) is 0 Å². The molecule has 0 aliphatic heterocycles. The van der Waals surface area contributed by atoms with Crippen molar-refractivity contribution in [3.63, 3.8) is 0 Å². The molecule has 110 valence electrons. The molecule has 1 aliphatic carbocycles. The third-order valence-corrected chi connectivity index (χ3v) is 4.07. The highest BCUT2D eigenvalue weighted by molar-refractivity contribution is 5.96. The number of hydrogen-bond acceptors (Lipinski definition) is 4. The van der Waals surface area contributed by atoms with Gasteiger partial charge in [0.2, 0.25) is 5.69 Å². The third-order valence-electron chi connectivity index (χ3n) is 4.07. The van der Waals surface area contributed by atoms with Gasteiger partial charge in [-0.3, -0.25) is 0 Å². The number of aromatic nitrogens is 2. The zero-order valence-electron chi connectivity index (χ0n) is 12.0. The first kappa shape index (κ1) is 13.8. The van der Waals surface area contributed by atoms with Gasteiger partial charge in [-0.05, 0) is 43.7 Å². The third kappa shape index (κ3) is 2.82. The molecule has 3 rings (SSSR count). The van der Waals surface area contributed by atoms with Crippen LogP contribution >= 0.6 is 0 Å². The Balaban J connectivity index is 1.98. The fourth-order valence-electron chi connectivity index (χ4n) is 2.80. The summed E-state index contributed by atoms with van der Waals surface area (Å²) in [4.78, 5) is 11.4. The lowest BCUT2D eigenvalue weighted by Gasteiger charge is -2.27. The van der Waals surface area contributed by atoms with E-state index in [1.54, 1.807) is 0 Å². The molecule has 1 saturated carbocycles. The lowest BCUT2D eigenvalue weighted by atomic mass is 9.89. The van der Waals surface area contributed by atoms with E-state index in [4.69, 9.17) is 4.74 Å². The second kappa shape index (κ2) is 5.68. The van der Waals surface area contributed by atoms with E-state index < -0.39 is 5.97 Å². The van der Waals surface area contributed by atoms with Crippen molar-refractivity contribution in [1.29, 1.82) is 0 Å². The lowest BCUT2D eigenvalue weighted by molar-refractivity contribution is 0.0676. The Kier molecular flexibility index (Phi) is 3.73. The monoisotopic (exact) mass is 286 g/mol. The molecule has 2 aromatic rings. The molecule has 0 saturated heterocycles. The molecule has 21 heavy (non-hydrogen) atoms. The number of hydrogen-bond donors (Lipinski definition) is 1. The van der Waals surface area contributed by atoms with Crippen LogP contribution in [0.1, 0.15) is 43.1 Å². The van der Waals surface area contributed by atoms with Crippen molar-refractivity contribution < 1.29 is 14.6 Å². The smallest absolute Gasteiger partial charge is 0.360 e. The molecule has 0 spiro atoms. The van der Waals surface area contributed by atoms with Crippen molar-refractivity contribution in [2.75, 3.05) is 0 Å². The average molecular weight is 286 g/mol. The van der Waals surface area contributed by atoms with Crippen molar-refractivity contribution in [1.82, 2.24) is 10.2 Å². The second-order valence-corrected chi connectivity index (χ2v) is 5.70. The number of benzene rings is 1. The van der Waals surface area contributed by atoms with Gasteiger partial charge in [-0.15, -0.1) is 10.2 Å². The summed E-state index contributed by atoms with van der Waals surface area (Å²) in [6, 6.07) is 7.34. The zero-order chi connectivity index (χ0) is 14.8. The molecule has 1 N–H and O–H groups in total. The average Bonchev–Trinajstić information content (AvgIpc) is 2.49. The number of fused-ring (bicyclic) bond motifs is 1.